The lowest BCUT2D eigenvalue weighted by Gasteiger charge is -2.31. The zero-order valence-electron chi connectivity index (χ0n) is 17.5. The van der Waals surface area contributed by atoms with Gasteiger partial charge in [-0.05, 0) is 63.1 Å². The van der Waals surface area contributed by atoms with E-state index >= 15 is 0 Å². The van der Waals surface area contributed by atoms with E-state index in [-0.39, 0.29) is 11.8 Å². The summed E-state index contributed by atoms with van der Waals surface area (Å²) in [6, 6.07) is 4.14. The summed E-state index contributed by atoms with van der Waals surface area (Å²) in [4.78, 5) is 14.7. The highest BCUT2D eigenvalue weighted by molar-refractivity contribution is 7.91. The Bertz CT molecular complexity index is 722. The second-order valence-electron chi connectivity index (χ2n) is 8.46. The summed E-state index contributed by atoms with van der Waals surface area (Å²) in [5.74, 6) is 0.375. The number of nitrogens with zero attached hydrogens (tertiary/aromatic N) is 2. The van der Waals surface area contributed by atoms with Gasteiger partial charge in [0, 0.05) is 32.1 Å². The van der Waals surface area contributed by atoms with Crippen LogP contribution in [0, 0.1) is 5.92 Å². The molecule has 1 aromatic heterocycles. The lowest BCUT2D eigenvalue weighted by Crippen LogP contribution is -2.39. The van der Waals surface area contributed by atoms with Gasteiger partial charge in [0.25, 0.3) is 10.0 Å². The molecule has 1 saturated heterocycles. The summed E-state index contributed by atoms with van der Waals surface area (Å²) < 4.78 is 27.1. The number of hydrogen-bond donors (Lipinski definition) is 1. The lowest BCUT2D eigenvalue weighted by atomic mass is 9.94. The maximum absolute atomic E-state index is 12.6. The molecule has 1 amide bonds. The quantitative estimate of drug-likeness (QED) is 0.597. The van der Waals surface area contributed by atoms with Crippen molar-refractivity contribution >= 4 is 27.3 Å². The van der Waals surface area contributed by atoms with Crippen molar-refractivity contribution in [2.24, 2.45) is 5.92 Å². The van der Waals surface area contributed by atoms with E-state index in [2.05, 4.69) is 17.3 Å². The molecule has 1 N–H and O–H groups in total. The average Bonchev–Trinajstić information content (AvgIpc) is 3.28. The summed E-state index contributed by atoms with van der Waals surface area (Å²) in [6.07, 6.45) is 9.68. The van der Waals surface area contributed by atoms with Gasteiger partial charge >= 0.3 is 0 Å². The van der Waals surface area contributed by atoms with Gasteiger partial charge in [-0.3, -0.25) is 4.79 Å². The summed E-state index contributed by atoms with van der Waals surface area (Å²) in [5, 5.41) is 4.84. The third-order valence-electron chi connectivity index (χ3n) is 6.34. The highest BCUT2D eigenvalue weighted by Crippen LogP contribution is 2.27. The van der Waals surface area contributed by atoms with Crippen LogP contribution in [0.25, 0.3) is 0 Å². The number of thiophene rings is 1. The zero-order valence-corrected chi connectivity index (χ0v) is 19.1. The Hall–Kier alpha value is -0.960. The standard InChI is InChI=1S/C21H35N3O3S2/c1-23(19-7-3-2-4-8-19)13-6-12-22-20(25)17-18-10-14-24(15-11-18)29(26,27)21-9-5-16-28-21/h5,9,16,18-19H,2-4,6-8,10-15,17H2,1H3,(H,22,25). The van der Waals surface area contributed by atoms with Gasteiger partial charge in [-0.25, -0.2) is 8.42 Å². The fourth-order valence-corrected chi connectivity index (χ4v) is 7.10. The first-order valence-corrected chi connectivity index (χ1v) is 13.3. The maximum Gasteiger partial charge on any atom is 0.252 e. The van der Waals surface area contributed by atoms with Crippen LogP contribution in [0.2, 0.25) is 0 Å². The number of hydrogen-bond acceptors (Lipinski definition) is 5. The Morgan fingerprint density at radius 3 is 2.59 bits per heavy atom. The molecule has 3 rings (SSSR count). The third kappa shape index (κ3) is 6.51. The molecule has 6 nitrogen and oxygen atoms in total. The summed E-state index contributed by atoms with van der Waals surface area (Å²) in [5.41, 5.74) is 0. The number of amides is 1. The molecule has 1 aromatic rings. The van der Waals surface area contributed by atoms with E-state index in [0.29, 0.717) is 23.7 Å². The number of piperidine rings is 1. The van der Waals surface area contributed by atoms with Crippen LogP contribution in [0.15, 0.2) is 21.7 Å². The summed E-state index contributed by atoms with van der Waals surface area (Å²) in [6.45, 7) is 2.76. The molecule has 0 atom stereocenters. The van der Waals surface area contributed by atoms with Crippen LogP contribution in [-0.2, 0) is 14.8 Å². The van der Waals surface area contributed by atoms with Gasteiger partial charge in [0.15, 0.2) is 0 Å². The van der Waals surface area contributed by atoms with Crippen molar-refractivity contribution < 1.29 is 13.2 Å². The Labute approximate surface area is 179 Å². The van der Waals surface area contributed by atoms with Crippen LogP contribution in [-0.4, -0.2) is 62.8 Å². The first kappa shape index (κ1) is 22.7. The molecule has 0 aromatic carbocycles. The molecule has 1 saturated carbocycles. The van der Waals surface area contributed by atoms with Gasteiger partial charge < -0.3 is 10.2 Å². The van der Waals surface area contributed by atoms with Crippen molar-refractivity contribution in [2.45, 2.75) is 68.0 Å². The smallest absolute Gasteiger partial charge is 0.252 e. The predicted octanol–water partition coefficient (Wildman–Crippen LogP) is 3.31. The number of sulfonamides is 1. The Balaban J connectivity index is 1.31. The van der Waals surface area contributed by atoms with E-state index < -0.39 is 10.0 Å². The SMILES string of the molecule is CN(CCCNC(=O)CC1CCN(S(=O)(=O)c2cccs2)CC1)C1CCCCC1. The van der Waals surface area contributed by atoms with E-state index in [4.69, 9.17) is 0 Å². The summed E-state index contributed by atoms with van der Waals surface area (Å²) >= 11 is 1.26. The molecule has 0 bridgehead atoms. The van der Waals surface area contributed by atoms with Crippen molar-refractivity contribution in [3.8, 4) is 0 Å². The van der Waals surface area contributed by atoms with Crippen LogP contribution in [0.4, 0.5) is 0 Å². The van der Waals surface area contributed by atoms with Crippen molar-refractivity contribution in [3.63, 3.8) is 0 Å². The van der Waals surface area contributed by atoms with Gasteiger partial charge in [0.2, 0.25) is 5.91 Å². The van der Waals surface area contributed by atoms with Gasteiger partial charge in [-0.1, -0.05) is 25.3 Å². The van der Waals surface area contributed by atoms with Crippen molar-refractivity contribution in [1.29, 1.82) is 0 Å². The van der Waals surface area contributed by atoms with E-state index in [9.17, 15) is 13.2 Å². The molecular weight excluding hydrogens is 406 g/mol. The van der Waals surface area contributed by atoms with E-state index in [0.717, 1.165) is 38.4 Å². The largest absolute Gasteiger partial charge is 0.356 e. The van der Waals surface area contributed by atoms with Gasteiger partial charge in [-0.15, -0.1) is 11.3 Å². The first-order valence-electron chi connectivity index (χ1n) is 11.0. The first-order chi connectivity index (χ1) is 14.0. The number of carbonyl (C=O) groups is 1. The second-order valence-corrected chi connectivity index (χ2v) is 11.6. The van der Waals surface area contributed by atoms with Crippen LogP contribution in [0.5, 0.6) is 0 Å². The number of rotatable bonds is 9. The second kappa shape index (κ2) is 10.9. The molecule has 164 valence electrons. The van der Waals surface area contributed by atoms with Crippen molar-refractivity contribution in [1.82, 2.24) is 14.5 Å². The van der Waals surface area contributed by atoms with Crippen molar-refractivity contribution in [3.05, 3.63) is 17.5 Å². The molecule has 1 aliphatic carbocycles. The molecule has 8 heteroatoms. The molecule has 0 unspecified atom stereocenters. The molecule has 29 heavy (non-hydrogen) atoms. The van der Waals surface area contributed by atoms with Crippen LogP contribution in [0.1, 0.15) is 57.8 Å². The Morgan fingerprint density at radius 2 is 1.93 bits per heavy atom. The number of nitrogens with one attached hydrogen (secondary N) is 1. The van der Waals surface area contributed by atoms with Gasteiger partial charge in [0.05, 0.1) is 0 Å². The topological polar surface area (TPSA) is 69.7 Å². The third-order valence-corrected chi connectivity index (χ3v) is 9.62. The average molecular weight is 442 g/mol. The Morgan fingerprint density at radius 1 is 1.21 bits per heavy atom. The van der Waals surface area contributed by atoms with Gasteiger partial charge in [0.1, 0.15) is 4.21 Å². The zero-order chi connectivity index (χ0) is 20.7. The van der Waals surface area contributed by atoms with Crippen molar-refractivity contribution in [2.75, 3.05) is 33.2 Å². The molecule has 2 fully saturated rings. The fraction of sp³-hybridized carbons (Fsp3) is 0.762. The van der Waals surface area contributed by atoms with Crippen LogP contribution >= 0.6 is 11.3 Å². The van der Waals surface area contributed by atoms with E-state index in [1.54, 1.807) is 21.8 Å². The molecule has 2 heterocycles. The Kier molecular flexibility index (Phi) is 8.53. The maximum atomic E-state index is 12.6. The van der Waals surface area contributed by atoms with Crippen LogP contribution < -0.4 is 5.32 Å². The molecule has 0 radical (unpaired) electrons. The number of carbonyl (C=O) groups excluding carboxylic acids is 1. The minimum Gasteiger partial charge on any atom is -0.356 e. The minimum absolute atomic E-state index is 0.102. The fourth-order valence-electron chi connectivity index (χ4n) is 4.49. The monoisotopic (exact) mass is 441 g/mol. The molecule has 0 spiro atoms. The molecule has 2 aliphatic rings. The normalized spacial score (nSPS) is 20.2. The lowest BCUT2D eigenvalue weighted by molar-refractivity contribution is -0.122. The van der Waals surface area contributed by atoms with Gasteiger partial charge in [-0.2, -0.15) is 4.31 Å². The molecular formula is C21H35N3O3S2. The summed E-state index contributed by atoms with van der Waals surface area (Å²) in [7, 11) is -1.15. The molecule has 1 aliphatic heterocycles. The minimum atomic E-state index is -3.36. The predicted molar refractivity (Wildman–Crippen MR) is 118 cm³/mol. The highest BCUT2D eigenvalue weighted by atomic mass is 32.2. The van der Waals surface area contributed by atoms with Crippen LogP contribution in [0.3, 0.4) is 0 Å². The van der Waals surface area contributed by atoms with E-state index in [1.165, 1.54) is 43.4 Å². The van der Waals surface area contributed by atoms with E-state index in [1.807, 2.05) is 0 Å². The highest BCUT2D eigenvalue weighted by Gasteiger charge is 2.30.